The van der Waals surface area contributed by atoms with E-state index >= 15 is 0 Å². The molecule has 0 unspecified atom stereocenters. The SMILES string of the molecule is CCOC(=O)[C@H]1CCCN(S(=O)(=O)/C=C\c2ccccc2)C1. The van der Waals surface area contributed by atoms with Gasteiger partial charge >= 0.3 is 5.97 Å². The summed E-state index contributed by atoms with van der Waals surface area (Å²) < 4.78 is 31.1. The number of ether oxygens (including phenoxy) is 1. The van der Waals surface area contributed by atoms with Crippen molar-refractivity contribution < 1.29 is 17.9 Å². The fourth-order valence-electron chi connectivity index (χ4n) is 2.44. The van der Waals surface area contributed by atoms with Gasteiger partial charge in [0.15, 0.2) is 0 Å². The second-order valence-electron chi connectivity index (χ2n) is 5.21. The van der Waals surface area contributed by atoms with Crippen LogP contribution >= 0.6 is 0 Å². The zero-order valence-electron chi connectivity index (χ0n) is 12.6. The van der Waals surface area contributed by atoms with Gasteiger partial charge < -0.3 is 4.74 Å². The van der Waals surface area contributed by atoms with Crippen LogP contribution in [0.25, 0.3) is 6.08 Å². The van der Waals surface area contributed by atoms with Crippen LogP contribution in [0, 0.1) is 5.92 Å². The number of carbonyl (C=O) groups excluding carboxylic acids is 1. The summed E-state index contributed by atoms with van der Waals surface area (Å²) in [7, 11) is -3.52. The summed E-state index contributed by atoms with van der Waals surface area (Å²) in [5, 5.41) is 1.20. The summed E-state index contributed by atoms with van der Waals surface area (Å²) >= 11 is 0. The van der Waals surface area contributed by atoms with Crippen LogP contribution in [0.2, 0.25) is 0 Å². The summed E-state index contributed by atoms with van der Waals surface area (Å²) in [6.45, 7) is 2.70. The molecule has 0 aliphatic carbocycles. The van der Waals surface area contributed by atoms with Gasteiger partial charge in [-0.25, -0.2) is 8.42 Å². The van der Waals surface area contributed by atoms with Crippen molar-refractivity contribution in [3.8, 4) is 0 Å². The Balaban J connectivity index is 2.05. The minimum Gasteiger partial charge on any atom is -0.466 e. The molecule has 0 N–H and O–H groups in total. The Hall–Kier alpha value is -1.66. The molecule has 1 aliphatic heterocycles. The minimum atomic E-state index is -3.52. The molecule has 22 heavy (non-hydrogen) atoms. The van der Waals surface area contributed by atoms with E-state index in [9.17, 15) is 13.2 Å². The minimum absolute atomic E-state index is 0.195. The van der Waals surface area contributed by atoms with E-state index in [4.69, 9.17) is 4.74 Å². The first-order chi connectivity index (χ1) is 10.5. The van der Waals surface area contributed by atoms with Gasteiger partial charge in [-0.15, -0.1) is 0 Å². The van der Waals surface area contributed by atoms with Crippen LogP contribution in [-0.2, 0) is 19.6 Å². The quantitative estimate of drug-likeness (QED) is 0.780. The first-order valence-corrected chi connectivity index (χ1v) is 8.93. The predicted octanol–water partition coefficient (Wildman–Crippen LogP) is 2.26. The molecule has 0 aromatic heterocycles. The third-order valence-electron chi connectivity index (χ3n) is 3.60. The number of hydrogen-bond acceptors (Lipinski definition) is 4. The molecule has 120 valence electrons. The van der Waals surface area contributed by atoms with E-state index in [1.165, 1.54) is 9.71 Å². The zero-order valence-corrected chi connectivity index (χ0v) is 13.5. The van der Waals surface area contributed by atoms with Crippen molar-refractivity contribution in [2.75, 3.05) is 19.7 Å². The Morgan fingerprint density at radius 2 is 2.09 bits per heavy atom. The van der Waals surface area contributed by atoms with Crippen LogP contribution in [0.5, 0.6) is 0 Å². The van der Waals surface area contributed by atoms with Crippen molar-refractivity contribution in [2.24, 2.45) is 5.92 Å². The second-order valence-corrected chi connectivity index (χ2v) is 7.03. The molecule has 0 bridgehead atoms. The van der Waals surface area contributed by atoms with Crippen LogP contribution in [0.3, 0.4) is 0 Å². The van der Waals surface area contributed by atoms with Crippen molar-refractivity contribution in [3.63, 3.8) is 0 Å². The number of sulfonamides is 1. The van der Waals surface area contributed by atoms with E-state index in [-0.39, 0.29) is 18.4 Å². The molecule has 1 fully saturated rings. The van der Waals surface area contributed by atoms with Crippen LogP contribution in [0.15, 0.2) is 35.7 Å². The average molecular weight is 323 g/mol. The van der Waals surface area contributed by atoms with Gasteiger partial charge in [0.05, 0.1) is 12.5 Å². The van der Waals surface area contributed by atoms with E-state index in [2.05, 4.69) is 0 Å². The molecule has 1 aromatic carbocycles. The van der Waals surface area contributed by atoms with Crippen molar-refractivity contribution in [2.45, 2.75) is 19.8 Å². The lowest BCUT2D eigenvalue weighted by Crippen LogP contribution is -2.41. The van der Waals surface area contributed by atoms with Crippen molar-refractivity contribution in [3.05, 3.63) is 41.3 Å². The van der Waals surface area contributed by atoms with Crippen LogP contribution in [0.4, 0.5) is 0 Å². The topological polar surface area (TPSA) is 63.7 Å². The van der Waals surface area contributed by atoms with E-state index in [0.29, 0.717) is 26.0 Å². The Labute approximate surface area is 131 Å². The molecule has 0 radical (unpaired) electrons. The Morgan fingerprint density at radius 1 is 1.36 bits per heavy atom. The highest BCUT2D eigenvalue weighted by atomic mass is 32.2. The summed E-state index contributed by atoms with van der Waals surface area (Å²) in [5.41, 5.74) is 0.824. The Morgan fingerprint density at radius 3 is 2.77 bits per heavy atom. The molecule has 0 spiro atoms. The third kappa shape index (κ3) is 4.42. The molecular formula is C16H21NO4S. The van der Waals surface area contributed by atoms with Crippen molar-refractivity contribution in [1.29, 1.82) is 0 Å². The maximum Gasteiger partial charge on any atom is 0.310 e. The Bertz CT molecular complexity index is 625. The smallest absolute Gasteiger partial charge is 0.310 e. The summed E-state index contributed by atoms with van der Waals surface area (Å²) in [6.07, 6.45) is 2.92. The van der Waals surface area contributed by atoms with E-state index < -0.39 is 10.0 Å². The lowest BCUT2D eigenvalue weighted by atomic mass is 10.0. The molecule has 1 saturated heterocycles. The van der Waals surface area contributed by atoms with Crippen LogP contribution in [0.1, 0.15) is 25.3 Å². The maximum atomic E-state index is 12.4. The first kappa shape index (κ1) is 16.7. The van der Waals surface area contributed by atoms with Crippen LogP contribution < -0.4 is 0 Å². The lowest BCUT2D eigenvalue weighted by molar-refractivity contribution is -0.149. The number of hydrogen-bond donors (Lipinski definition) is 0. The molecule has 6 heteroatoms. The van der Waals surface area contributed by atoms with Gasteiger partial charge in [0.2, 0.25) is 10.0 Å². The number of piperidine rings is 1. The fraction of sp³-hybridized carbons (Fsp3) is 0.438. The number of benzene rings is 1. The normalized spacial score (nSPS) is 20.1. The second kappa shape index (κ2) is 7.56. The van der Waals surface area contributed by atoms with Gasteiger partial charge in [-0.3, -0.25) is 4.79 Å². The first-order valence-electron chi connectivity index (χ1n) is 7.43. The molecule has 1 aromatic rings. The van der Waals surface area contributed by atoms with Gasteiger partial charge in [-0.05, 0) is 31.4 Å². The molecule has 1 aliphatic rings. The van der Waals surface area contributed by atoms with E-state index in [1.54, 1.807) is 13.0 Å². The van der Waals surface area contributed by atoms with Crippen LogP contribution in [-0.4, -0.2) is 38.4 Å². The van der Waals surface area contributed by atoms with E-state index in [0.717, 1.165) is 5.56 Å². The van der Waals surface area contributed by atoms with Gasteiger partial charge in [-0.1, -0.05) is 30.3 Å². The summed E-state index contributed by atoms with van der Waals surface area (Å²) in [5.74, 6) is -0.678. The lowest BCUT2D eigenvalue weighted by Gasteiger charge is -2.29. The third-order valence-corrected chi connectivity index (χ3v) is 5.13. The van der Waals surface area contributed by atoms with Gasteiger partial charge in [0.25, 0.3) is 0 Å². The predicted molar refractivity (Wildman–Crippen MR) is 85.3 cm³/mol. The molecule has 2 rings (SSSR count). The number of carbonyl (C=O) groups is 1. The van der Waals surface area contributed by atoms with Gasteiger partial charge in [-0.2, -0.15) is 4.31 Å². The van der Waals surface area contributed by atoms with Gasteiger partial charge in [0.1, 0.15) is 0 Å². The van der Waals surface area contributed by atoms with Crippen molar-refractivity contribution >= 4 is 22.1 Å². The van der Waals surface area contributed by atoms with Crippen molar-refractivity contribution in [1.82, 2.24) is 4.31 Å². The molecule has 0 saturated carbocycles. The monoisotopic (exact) mass is 323 g/mol. The Kier molecular flexibility index (Phi) is 5.74. The molecule has 0 amide bonds. The summed E-state index contributed by atoms with van der Waals surface area (Å²) in [4.78, 5) is 11.8. The zero-order chi connectivity index (χ0) is 16.0. The molecule has 1 atom stereocenters. The average Bonchev–Trinajstić information content (AvgIpc) is 2.54. The van der Waals surface area contributed by atoms with E-state index in [1.807, 2.05) is 30.3 Å². The molecule has 5 nitrogen and oxygen atoms in total. The maximum absolute atomic E-state index is 12.4. The number of nitrogens with zero attached hydrogens (tertiary/aromatic N) is 1. The number of esters is 1. The van der Waals surface area contributed by atoms with Gasteiger partial charge in [0, 0.05) is 18.5 Å². The summed E-state index contributed by atoms with van der Waals surface area (Å²) in [6, 6.07) is 9.25. The standard InChI is InChI=1S/C16H21NO4S/c1-2-21-16(18)15-9-6-11-17(13-15)22(19,20)12-10-14-7-4-3-5-8-14/h3-5,7-8,10,12,15H,2,6,9,11,13H2,1H3/b12-10-/t15-/m0/s1. The number of rotatable bonds is 5. The molecular weight excluding hydrogens is 302 g/mol. The fourth-order valence-corrected chi connectivity index (χ4v) is 3.71. The highest BCUT2D eigenvalue weighted by molar-refractivity contribution is 7.92. The largest absolute Gasteiger partial charge is 0.466 e. The highest BCUT2D eigenvalue weighted by Crippen LogP contribution is 2.21. The molecule has 1 heterocycles. The highest BCUT2D eigenvalue weighted by Gasteiger charge is 2.31.